The number of para-hydroxylation sites is 1. The van der Waals surface area contributed by atoms with E-state index in [1.54, 1.807) is 26.0 Å². The van der Waals surface area contributed by atoms with E-state index in [1.165, 1.54) is 10.6 Å². The predicted octanol–water partition coefficient (Wildman–Crippen LogP) is 3.15. The molecule has 1 aromatic heterocycles. The average molecular weight is 478 g/mol. The maximum Gasteiger partial charge on any atom is 0.318 e. The van der Waals surface area contributed by atoms with Crippen molar-refractivity contribution in [1.29, 1.82) is 0 Å². The van der Waals surface area contributed by atoms with Crippen LogP contribution < -0.4 is 29.6 Å². The molecule has 0 unspecified atom stereocenters. The molecule has 2 aromatic carbocycles. The van der Waals surface area contributed by atoms with Gasteiger partial charge in [0.15, 0.2) is 23.2 Å². The van der Waals surface area contributed by atoms with Crippen LogP contribution in [0.1, 0.15) is 18.4 Å². The summed E-state index contributed by atoms with van der Waals surface area (Å²) in [5, 5.41) is 8.80. The van der Waals surface area contributed by atoms with E-state index in [0.29, 0.717) is 18.0 Å². The standard InChI is InChI=1S/C25H29N6O2S/c1-5-31-19-14-21(33-4)20(32-3)12-16(19)17(29-23(31)15-28-25-26-10-11-27-25)13-24-30(2)18-8-6-7-9-22(18)34-24/h6-9,12-14H,5,10-11,15H2,1-4H3,(H2,26,27,28)/q+1. The van der Waals surface area contributed by atoms with Gasteiger partial charge in [0, 0.05) is 30.6 Å². The van der Waals surface area contributed by atoms with Crippen LogP contribution in [0.5, 0.6) is 11.5 Å². The van der Waals surface area contributed by atoms with Gasteiger partial charge in [-0.2, -0.15) is 0 Å². The molecule has 176 valence electrons. The normalized spacial score (nSPS) is 15.9. The van der Waals surface area contributed by atoms with Crippen LogP contribution in [0.25, 0.3) is 17.0 Å². The molecule has 0 spiro atoms. The quantitative estimate of drug-likeness (QED) is 0.529. The van der Waals surface area contributed by atoms with Crippen molar-refractivity contribution in [2.45, 2.75) is 24.9 Å². The highest BCUT2D eigenvalue weighted by Crippen LogP contribution is 2.45. The lowest BCUT2D eigenvalue weighted by Gasteiger charge is -2.15. The molecule has 9 heteroatoms. The van der Waals surface area contributed by atoms with Gasteiger partial charge in [-0.1, -0.05) is 23.9 Å². The molecule has 0 fully saturated rings. The van der Waals surface area contributed by atoms with Gasteiger partial charge in [0.1, 0.15) is 12.1 Å². The second-order valence-electron chi connectivity index (χ2n) is 8.00. The van der Waals surface area contributed by atoms with Crippen molar-refractivity contribution in [2.24, 2.45) is 4.99 Å². The van der Waals surface area contributed by atoms with Crippen LogP contribution in [0, 0.1) is 0 Å². The van der Waals surface area contributed by atoms with Crippen LogP contribution in [0.4, 0.5) is 5.69 Å². The summed E-state index contributed by atoms with van der Waals surface area (Å²) in [4.78, 5) is 13.0. The number of anilines is 1. The van der Waals surface area contributed by atoms with E-state index < -0.39 is 0 Å². The number of hydrogen-bond donors (Lipinski definition) is 2. The third-order valence-electron chi connectivity index (χ3n) is 6.07. The Morgan fingerprint density at radius 1 is 1.21 bits per heavy atom. The van der Waals surface area contributed by atoms with Crippen LogP contribution in [0.2, 0.25) is 0 Å². The number of methoxy groups -OCH3 is 2. The second-order valence-corrected chi connectivity index (χ2v) is 9.07. The van der Waals surface area contributed by atoms with Crippen molar-refractivity contribution < 1.29 is 14.0 Å². The van der Waals surface area contributed by atoms with Gasteiger partial charge >= 0.3 is 5.82 Å². The second kappa shape index (κ2) is 9.42. The molecule has 2 aliphatic rings. The maximum absolute atomic E-state index is 5.63. The highest BCUT2D eigenvalue weighted by Gasteiger charge is 2.26. The Hall–Kier alpha value is -3.46. The molecule has 0 saturated carbocycles. The Labute approximate surface area is 203 Å². The van der Waals surface area contributed by atoms with Gasteiger partial charge in [-0.3, -0.25) is 4.99 Å². The van der Waals surface area contributed by atoms with Crippen molar-refractivity contribution in [3.8, 4) is 11.5 Å². The summed E-state index contributed by atoms with van der Waals surface area (Å²) < 4.78 is 13.5. The summed E-state index contributed by atoms with van der Waals surface area (Å²) in [6, 6.07) is 12.5. The summed E-state index contributed by atoms with van der Waals surface area (Å²) in [6.07, 6.45) is 2.16. The molecule has 3 heterocycles. The third-order valence-corrected chi connectivity index (χ3v) is 7.23. The predicted molar refractivity (Wildman–Crippen MR) is 137 cm³/mol. The smallest absolute Gasteiger partial charge is 0.318 e. The highest BCUT2D eigenvalue weighted by atomic mass is 32.2. The summed E-state index contributed by atoms with van der Waals surface area (Å²) in [7, 11) is 5.42. The number of hydrogen-bond acceptors (Lipinski definition) is 8. The summed E-state index contributed by atoms with van der Waals surface area (Å²) in [6.45, 7) is 5.11. The van der Waals surface area contributed by atoms with Crippen molar-refractivity contribution in [3.05, 3.63) is 52.9 Å². The zero-order valence-electron chi connectivity index (χ0n) is 19.9. The lowest BCUT2D eigenvalue weighted by Crippen LogP contribution is -2.44. The molecule has 3 aromatic rings. The van der Waals surface area contributed by atoms with Crippen LogP contribution in [0.3, 0.4) is 0 Å². The SMILES string of the molecule is CC[n+]1c(CNC2=NCCN2)nc(C=C2Sc3ccccc3N2C)c2cc(OC)c(OC)cc21. The van der Waals surface area contributed by atoms with Crippen molar-refractivity contribution in [2.75, 3.05) is 39.3 Å². The number of nitrogens with one attached hydrogen (secondary N) is 2. The molecule has 0 amide bonds. The van der Waals surface area contributed by atoms with Gasteiger partial charge in [-0.15, -0.1) is 0 Å². The summed E-state index contributed by atoms with van der Waals surface area (Å²) >= 11 is 1.75. The molecule has 2 aliphatic heterocycles. The molecular weight excluding hydrogens is 448 g/mol. The first-order valence-corrected chi connectivity index (χ1v) is 12.2. The minimum Gasteiger partial charge on any atom is -0.493 e. The molecule has 0 bridgehead atoms. The number of thioether (sulfide) groups is 1. The number of nitrogens with zero attached hydrogens (tertiary/aromatic N) is 4. The number of benzene rings is 2. The minimum absolute atomic E-state index is 0.559. The number of aryl methyl sites for hydroxylation is 1. The monoisotopic (exact) mass is 477 g/mol. The van der Waals surface area contributed by atoms with Gasteiger partial charge in [-0.05, 0) is 30.1 Å². The number of guanidine groups is 1. The van der Waals surface area contributed by atoms with E-state index in [2.05, 4.69) is 69.4 Å². The lowest BCUT2D eigenvalue weighted by molar-refractivity contribution is -0.678. The van der Waals surface area contributed by atoms with Gasteiger partial charge in [0.2, 0.25) is 0 Å². The maximum atomic E-state index is 5.63. The Morgan fingerprint density at radius 2 is 2.00 bits per heavy atom. The van der Waals surface area contributed by atoms with Gasteiger partial charge in [0.25, 0.3) is 0 Å². The van der Waals surface area contributed by atoms with E-state index in [9.17, 15) is 0 Å². The fourth-order valence-corrected chi connectivity index (χ4v) is 5.42. The number of rotatable bonds is 6. The molecular formula is C25H29N6O2S+. The first kappa shape index (κ1) is 22.3. The Balaban J connectivity index is 1.66. The van der Waals surface area contributed by atoms with Crippen molar-refractivity contribution in [3.63, 3.8) is 0 Å². The van der Waals surface area contributed by atoms with E-state index >= 15 is 0 Å². The molecule has 8 nitrogen and oxygen atoms in total. The first-order valence-electron chi connectivity index (χ1n) is 11.4. The van der Waals surface area contributed by atoms with E-state index in [-0.39, 0.29) is 0 Å². The van der Waals surface area contributed by atoms with Crippen molar-refractivity contribution in [1.82, 2.24) is 15.6 Å². The zero-order valence-corrected chi connectivity index (χ0v) is 20.7. The summed E-state index contributed by atoms with van der Waals surface area (Å²) in [5.41, 5.74) is 3.14. The largest absolute Gasteiger partial charge is 0.493 e. The van der Waals surface area contributed by atoms with Crippen LogP contribution in [-0.2, 0) is 13.1 Å². The molecule has 0 atom stereocenters. The topological polar surface area (TPSA) is 74.9 Å². The van der Waals surface area contributed by atoms with Gasteiger partial charge in [-0.25, -0.2) is 4.57 Å². The Bertz CT molecular complexity index is 1310. The number of aliphatic imine (C=N–C) groups is 1. The highest BCUT2D eigenvalue weighted by molar-refractivity contribution is 8.03. The zero-order chi connectivity index (χ0) is 23.7. The van der Waals surface area contributed by atoms with Crippen LogP contribution in [0.15, 0.2) is 51.3 Å². The van der Waals surface area contributed by atoms with Crippen LogP contribution in [-0.4, -0.2) is 45.3 Å². The molecule has 0 saturated heterocycles. The molecule has 5 rings (SSSR count). The lowest BCUT2D eigenvalue weighted by atomic mass is 10.1. The fraction of sp³-hybridized carbons (Fsp3) is 0.320. The minimum atomic E-state index is 0.559. The first-order chi connectivity index (χ1) is 16.6. The molecule has 34 heavy (non-hydrogen) atoms. The summed E-state index contributed by atoms with van der Waals surface area (Å²) in [5.74, 6) is 3.12. The average Bonchev–Trinajstić information content (AvgIpc) is 3.50. The third kappa shape index (κ3) is 4.00. The van der Waals surface area contributed by atoms with E-state index in [0.717, 1.165) is 53.0 Å². The molecule has 0 aliphatic carbocycles. The number of ether oxygens (including phenoxy) is 2. The van der Waals surface area contributed by atoms with E-state index in [4.69, 9.17) is 14.5 Å². The Morgan fingerprint density at radius 3 is 2.71 bits per heavy atom. The van der Waals surface area contributed by atoms with Gasteiger partial charge < -0.3 is 25.0 Å². The van der Waals surface area contributed by atoms with Crippen LogP contribution >= 0.6 is 11.8 Å². The van der Waals surface area contributed by atoms with Crippen molar-refractivity contribution >= 4 is 40.4 Å². The van der Waals surface area contributed by atoms with E-state index in [1.807, 2.05) is 12.1 Å². The van der Waals surface area contributed by atoms with Gasteiger partial charge in [0.05, 0.1) is 43.4 Å². The Kier molecular flexibility index (Phi) is 6.19. The number of fused-ring (bicyclic) bond motifs is 2. The fourth-order valence-electron chi connectivity index (χ4n) is 4.34. The number of aromatic nitrogens is 2. The molecule has 0 radical (unpaired) electrons. The molecule has 2 N–H and O–H groups in total.